The minimum atomic E-state index is -4.78. The Balaban J connectivity index is 2.05. The largest absolute Gasteiger partial charge is 0.449 e. The second-order valence-corrected chi connectivity index (χ2v) is 9.14. The molecule has 3 aromatic heterocycles. The Morgan fingerprint density at radius 2 is 1.47 bits per heavy atom. The number of rotatable bonds is 2. The van der Waals surface area contributed by atoms with Crippen LogP contribution in [0.1, 0.15) is 11.5 Å². The number of sulfone groups is 1. The molecule has 4 aromatic rings. The number of alkyl halides is 6. The van der Waals surface area contributed by atoms with Crippen LogP contribution in [-0.4, -0.2) is 38.8 Å². The molecule has 0 fully saturated rings. The highest BCUT2D eigenvalue weighted by atomic mass is 32.2. The van der Waals surface area contributed by atoms with E-state index in [1.807, 2.05) is 0 Å². The van der Waals surface area contributed by atoms with Crippen molar-refractivity contribution in [2.45, 2.75) is 17.2 Å². The first-order chi connectivity index (χ1) is 14.6. The molecule has 4 rings (SSSR count). The number of hydrogen-bond acceptors (Lipinski definition) is 5. The zero-order chi connectivity index (χ0) is 23.8. The standard InChI is InChI=1S/C18H13F6N5O2S/c1-28-12-7-25-14(17(19,20)21)5-10(12)26-15(28)8-4-9-11(6-13(8)32(3,30)31)29(2)16(27-9)18(22,23)24/h4-7H,1-3H3. The van der Waals surface area contributed by atoms with Gasteiger partial charge in [0.25, 0.3) is 0 Å². The van der Waals surface area contributed by atoms with Gasteiger partial charge < -0.3 is 9.13 Å². The normalized spacial score (nSPS) is 13.4. The maximum absolute atomic E-state index is 13.3. The third kappa shape index (κ3) is 3.47. The van der Waals surface area contributed by atoms with Gasteiger partial charge in [-0.15, -0.1) is 0 Å². The van der Waals surface area contributed by atoms with Crippen molar-refractivity contribution in [3.05, 3.63) is 35.9 Å². The van der Waals surface area contributed by atoms with E-state index in [1.165, 1.54) is 11.6 Å². The molecule has 14 heteroatoms. The molecule has 0 unspecified atom stereocenters. The maximum Gasteiger partial charge on any atom is 0.449 e. The Morgan fingerprint density at radius 1 is 0.844 bits per heavy atom. The number of halogens is 6. The highest BCUT2D eigenvalue weighted by Gasteiger charge is 2.37. The molecule has 0 spiro atoms. The Morgan fingerprint density at radius 3 is 2.03 bits per heavy atom. The first-order valence-electron chi connectivity index (χ1n) is 8.77. The third-order valence-corrected chi connectivity index (χ3v) is 6.07. The van der Waals surface area contributed by atoms with Crippen LogP contribution in [0.25, 0.3) is 33.5 Å². The minimum absolute atomic E-state index is 0.0670. The highest BCUT2D eigenvalue weighted by molar-refractivity contribution is 7.90. The van der Waals surface area contributed by atoms with Gasteiger partial charge in [-0.3, -0.25) is 0 Å². The lowest BCUT2D eigenvalue weighted by molar-refractivity contribution is -0.146. The molecule has 0 saturated carbocycles. The van der Waals surface area contributed by atoms with Crippen molar-refractivity contribution in [1.82, 2.24) is 24.1 Å². The van der Waals surface area contributed by atoms with Gasteiger partial charge in [0.15, 0.2) is 9.84 Å². The van der Waals surface area contributed by atoms with Crippen molar-refractivity contribution in [3.8, 4) is 11.4 Å². The van der Waals surface area contributed by atoms with E-state index in [0.29, 0.717) is 6.07 Å². The predicted molar refractivity (Wildman–Crippen MR) is 101 cm³/mol. The number of aryl methyl sites for hydroxylation is 2. The molecule has 0 saturated heterocycles. The molecule has 0 aliphatic carbocycles. The van der Waals surface area contributed by atoms with Crippen LogP contribution in [0.15, 0.2) is 29.3 Å². The summed E-state index contributed by atoms with van der Waals surface area (Å²) in [7, 11) is -1.45. The van der Waals surface area contributed by atoms with Crippen molar-refractivity contribution >= 4 is 31.9 Å². The van der Waals surface area contributed by atoms with Crippen LogP contribution in [0.5, 0.6) is 0 Å². The smallest absolute Gasteiger partial charge is 0.326 e. The molecule has 1 aromatic carbocycles. The summed E-state index contributed by atoms with van der Waals surface area (Å²) in [6.45, 7) is 0. The molecule has 0 bridgehead atoms. The van der Waals surface area contributed by atoms with Gasteiger partial charge in [0.1, 0.15) is 11.5 Å². The van der Waals surface area contributed by atoms with Crippen molar-refractivity contribution in [2.75, 3.05) is 6.26 Å². The Kier molecular flexibility index (Phi) is 4.59. The first kappa shape index (κ1) is 22.0. The average Bonchev–Trinajstić information content (AvgIpc) is 3.16. The number of hydrogen-bond donors (Lipinski definition) is 0. The maximum atomic E-state index is 13.3. The zero-order valence-corrected chi connectivity index (χ0v) is 17.4. The summed E-state index contributed by atoms with van der Waals surface area (Å²) in [6, 6.07) is 2.88. The molecule has 0 aliphatic rings. The minimum Gasteiger partial charge on any atom is -0.326 e. The zero-order valence-electron chi connectivity index (χ0n) is 16.5. The highest BCUT2D eigenvalue weighted by Crippen LogP contribution is 2.37. The number of benzene rings is 1. The Labute approximate surface area is 176 Å². The summed E-state index contributed by atoms with van der Waals surface area (Å²) in [5.41, 5.74) is -1.46. The van der Waals surface area contributed by atoms with Gasteiger partial charge in [0, 0.05) is 25.9 Å². The van der Waals surface area contributed by atoms with Gasteiger partial charge in [-0.05, 0) is 18.2 Å². The fourth-order valence-corrected chi connectivity index (χ4v) is 4.31. The van der Waals surface area contributed by atoms with E-state index in [1.54, 1.807) is 0 Å². The van der Waals surface area contributed by atoms with Gasteiger partial charge in [0.05, 0.1) is 33.2 Å². The van der Waals surface area contributed by atoms with Crippen LogP contribution in [0.2, 0.25) is 0 Å². The molecule has 3 heterocycles. The molecule has 0 amide bonds. The second-order valence-electron chi connectivity index (χ2n) is 7.15. The third-order valence-electron chi connectivity index (χ3n) is 4.93. The number of imidazole rings is 2. The summed E-state index contributed by atoms with van der Waals surface area (Å²) < 4.78 is 106. The SMILES string of the molecule is Cn1c(-c2cc3nc(C(F)(F)F)n(C)c3cc2S(C)(=O)=O)nc2cc(C(F)(F)F)ncc21. The van der Waals surface area contributed by atoms with E-state index in [2.05, 4.69) is 15.0 Å². The number of fused-ring (bicyclic) bond motifs is 2. The Hall–Kier alpha value is -3.16. The second kappa shape index (κ2) is 6.67. The van der Waals surface area contributed by atoms with Crippen LogP contribution in [0.4, 0.5) is 26.3 Å². The first-order valence-corrected chi connectivity index (χ1v) is 10.7. The molecule has 170 valence electrons. The van der Waals surface area contributed by atoms with Crippen molar-refractivity contribution in [2.24, 2.45) is 14.1 Å². The van der Waals surface area contributed by atoms with Gasteiger partial charge in [0.2, 0.25) is 5.82 Å². The molecule has 0 aliphatic heterocycles. The topological polar surface area (TPSA) is 82.7 Å². The molecular formula is C18H13F6N5O2S. The fraction of sp³-hybridized carbons (Fsp3) is 0.278. The van der Waals surface area contributed by atoms with Crippen molar-refractivity contribution in [1.29, 1.82) is 0 Å². The number of aromatic nitrogens is 5. The predicted octanol–water partition coefficient (Wildman–Crippen LogP) is 3.96. The fourth-order valence-electron chi connectivity index (χ4n) is 3.44. The monoisotopic (exact) mass is 477 g/mol. The quantitative estimate of drug-likeness (QED) is 0.408. The van der Waals surface area contributed by atoms with Crippen LogP contribution in [0, 0.1) is 0 Å². The van der Waals surface area contributed by atoms with Crippen LogP contribution < -0.4 is 0 Å². The lowest BCUT2D eigenvalue weighted by atomic mass is 10.2. The van der Waals surface area contributed by atoms with E-state index in [4.69, 9.17) is 0 Å². The van der Waals surface area contributed by atoms with Gasteiger partial charge in [-0.1, -0.05) is 0 Å². The van der Waals surface area contributed by atoms with E-state index in [9.17, 15) is 34.8 Å². The van der Waals surface area contributed by atoms with Gasteiger partial charge in [-0.2, -0.15) is 26.3 Å². The van der Waals surface area contributed by atoms with Gasteiger partial charge >= 0.3 is 12.4 Å². The van der Waals surface area contributed by atoms with Crippen LogP contribution in [0.3, 0.4) is 0 Å². The van der Waals surface area contributed by atoms with Crippen molar-refractivity contribution < 1.29 is 34.8 Å². The lowest BCUT2D eigenvalue weighted by Crippen LogP contribution is -2.12. The van der Waals surface area contributed by atoms with E-state index in [-0.39, 0.29) is 38.4 Å². The summed E-state index contributed by atoms with van der Waals surface area (Å²) in [4.78, 5) is 10.7. The van der Waals surface area contributed by atoms with E-state index >= 15 is 0 Å². The number of pyridine rings is 1. The molecule has 7 nitrogen and oxygen atoms in total. The van der Waals surface area contributed by atoms with Crippen LogP contribution >= 0.6 is 0 Å². The summed E-state index contributed by atoms with van der Waals surface area (Å²) in [6.07, 6.45) is -7.69. The van der Waals surface area contributed by atoms with Crippen molar-refractivity contribution in [3.63, 3.8) is 0 Å². The molecule has 0 N–H and O–H groups in total. The molecular weight excluding hydrogens is 464 g/mol. The van der Waals surface area contributed by atoms with E-state index in [0.717, 1.165) is 36.2 Å². The summed E-state index contributed by atoms with van der Waals surface area (Å²) >= 11 is 0. The van der Waals surface area contributed by atoms with Gasteiger partial charge in [-0.25, -0.2) is 23.4 Å². The summed E-state index contributed by atoms with van der Waals surface area (Å²) in [5, 5.41) is 0. The molecule has 0 radical (unpaired) electrons. The Bertz CT molecular complexity index is 1500. The van der Waals surface area contributed by atoms with Crippen LogP contribution in [-0.2, 0) is 36.3 Å². The summed E-state index contributed by atoms with van der Waals surface area (Å²) in [5.74, 6) is -1.30. The molecule has 0 atom stereocenters. The lowest BCUT2D eigenvalue weighted by Gasteiger charge is -2.10. The molecule has 32 heavy (non-hydrogen) atoms. The van der Waals surface area contributed by atoms with E-state index < -0.39 is 33.7 Å². The average molecular weight is 477 g/mol. The number of nitrogens with zero attached hydrogens (tertiary/aromatic N) is 5.